The Morgan fingerprint density at radius 3 is 2.65 bits per heavy atom. The molecule has 0 amide bonds. The maximum atomic E-state index is 13.4. The molecular weight excluding hydrogens is 445 g/mol. The van der Waals surface area contributed by atoms with Crippen molar-refractivity contribution in [2.24, 2.45) is 0 Å². The molecule has 0 unspecified atom stereocenters. The van der Waals surface area contributed by atoms with E-state index < -0.39 is 15.8 Å². The molecule has 4 aromatic rings. The second kappa shape index (κ2) is 7.93. The highest BCUT2D eigenvalue weighted by molar-refractivity contribution is 7.92. The zero-order valence-electron chi connectivity index (χ0n) is 16.0. The number of halogens is 2. The summed E-state index contributed by atoms with van der Waals surface area (Å²) in [5.41, 5.74) is 8.46. The summed E-state index contributed by atoms with van der Waals surface area (Å²) in [7, 11) is -3.54. The number of pyridine rings is 2. The lowest BCUT2D eigenvalue weighted by molar-refractivity contribution is 0.607. The van der Waals surface area contributed by atoms with Gasteiger partial charge < -0.3 is 11.1 Å². The second-order valence-electron chi connectivity index (χ2n) is 6.57. The molecule has 0 bridgehead atoms. The van der Waals surface area contributed by atoms with Gasteiger partial charge in [-0.15, -0.1) is 0 Å². The summed E-state index contributed by atoms with van der Waals surface area (Å²) in [6, 6.07) is 9.18. The molecule has 0 aliphatic rings. The monoisotopic (exact) mass is 459 g/mol. The van der Waals surface area contributed by atoms with Gasteiger partial charge in [-0.3, -0.25) is 4.72 Å². The van der Waals surface area contributed by atoms with Crippen LogP contribution in [-0.4, -0.2) is 34.6 Å². The van der Waals surface area contributed by atoms with Crippen LogP contribution in [0.25, 0.3) is 22.3 Å². The predicted molar refractivity (Wildman–Crippen MR) is 118 cm³/mol. The molecular formula is C19H15ClFN7O2S. The third kappa shape index (κ3) is 4.62. The van der Waals surface area contributed by atoms with Crippen molar-refractivity contribution in [2.45, 2.75) is 0 Å². The molecule has 3 aromatic heterocycles. The van der Waals surface area contributed by atoms with Crippen molar-refractivity contribution in [3.8, 4) is 11.3 Å². The quantitative estimate of drug-likeness (QED) is 0.412. The number of hydrogen-bond donors (Lipinski definition) is 3. The van der Waals surface area contributed by atoms with Gasteiger partial charge in [0.05, 0.1) is 28.2 Å². The summed E-state index contributed by atoms with van der Waals surface area (Å²) in [5, 5.41) is 3.02. The Bertz CT molecular complexity index is 1420. The lowest BCUT2D eigenvalue weighted by Crippen LogP contribution is -2.12. The molecule has 1 aromatic carbocycles. The van der Waals surface area contributed by atoms with E-state index in [1.165, 1.54) is 36.8 Å². The van der Waals surface area contributed by atoms with Crippen LogP contribution in [0.3, 0.4) is 0 Å². The van der Waals surface area contributed by atoms with Gasteiger partial charge in [0.2, 0.25) is 10.0 Å². The van der Waals surface area contributed by atoms with Gasteiger partial charge >= 0.3 is 0 Å². The molecule has 0 saturated heterocycles. The molecule has 0 saturated carbocycles. The molecule has 0 aliphatic carbocycles. The summed E-state index contributed by atoms with van der Waals surface area (Å²) in [6.45, 7) is 0. The fraction of sp³-hybridized carbons (Fsp3) is 0.0526. The summed E-state index contributed by atoms with van der Waals surface area (Å²) in [6.07, 6.45) is 3.87. The maximum Gasteiger partial charge on any atom is 0.229 e. The van der Waals surface area contributed by atoms with Crippen LogP contribution in [0.15, 0.2) is 48.9 Å². The molecule has 0 fully saturated rings. The number of nitrogens with one attached hydrogen (secondary N) is 2. The minimum Gasteiger partial charge on any atom is -0.382 e. The van der Waals surface area contributed by atoms with Crippen LogP contribution >= 0.6 is 11.6 Å². The summed E-state index contributed by atoms with van der Waals surface area (Å²) in [5.74, 6) is -0.115. The van der Waals surface area contributed by atoms with Crippen molar-refractivity contribution < 1.29 is 12.8 Å². The first-order valence-electron chi connectivity index (χ1n) is 8.77. The number of rotatable bonds is 5. The first-order chi connectivity index (χ1) is 14.7. The Morgan fingerprint density at radius 1 is 1.10 bits per heavy atom. The van der Waals surface area contributed by atoms with Crippen LogP contribution < -0.4 is 15.8 Å². The zero-order valence-corrected chi connectivity index (χ0v) is 17.5. The Hall–Kier alpha value is -3.57. The fourth-order valence-corrected chi connectivity index (χ4v) is 3.54. The number of nitrogens with zero attached hydrogens (tertiary/aromatic N) is 4. The van der Waals surface area contributed by atoms with E-state index in [9.17, 15) is 12.8 Å². The van der Waals surface area contributed by atoms with E-state index in [0.29, 0.717) is 33.8 Å². The average Bonchev–Trinajstić information content (AvgIpc) is 2.71. The molecule has 4 N–H and O–H groups in total. The lowest BCUT2D eigenvalue weighted by Gasteiger charge is -2.11. The van der Waals surface area contributed by atoms with E-state index in [4.69, 9.17) is 17.3 Å². The minimum absolute atomic E-state index is 0.0316. The number of anilines is 4. The molecule has 12 heteroatoms. The van der Waals surface area contributed by atoms with E-state index in [1.54, 1.807) is 12.1 Å². The highest BCUT2D eigenvalue weighted by atomic mass is 35.5. The standard InChI is InChI=1S/C19H15ClFN7O2S/c1-31(29,30)28-16-6-10(8-23-18(16)22)14-4-5-15-17(27-14)19(25-9-24-15)26-11-2-3-13(21)12(20)7-11/h2-9,28H,1H3,(H2,22,23)(H,24,25,26). The molecule has 0 atom stereocenters. The Balaban J connectivity index is 1.76. The second-order valence-corrected chi connectivity index (χ2v) is 8.73. The van der Waals surface area contributed by atoms with Gasteiger partial charge in [-0.25, -0.2) is 32.7 Å². The summed E-state index contributed by atoms with van der Waals surface area (Å²) >= 11 is 5.85. The van der Waals surface area contributed by atoms with Crippen molar-refractivity contribution in [1.29, 1.82) is 0 Å². The van der Waals surface area contributed by atoms with Crippen LogP contribution in [-0.2, 0) is 10.0 Å². The van der Waals surface area contributed by atoms with Gasteiger partial charge in [-0.1, -0.05) is 11.6 Å². The number of fused-ring (bicyclic) bond motifs is 1. The van der Waals surface area contributed by atoms with E-state index in [-0.39, 0.29) is 16.5 Å². The number of sulfonamides is 1. The third-order valence-electron chi connectivity index (χ3n) is 4.17. The average molecular weight is 460 g/mol. The van der Waals surface area contributed by atoms with Gasteiger partial charge in [0, 0.05) is 17.4 Å². The minimum atomic E-state index is -3.54. The molecule has 0 aliphatic heterocycles. The van der Waals surface area contributed by atoms with Crippen molar-refractivity contribution in [2.75, 3.05) is 22.0 Å². The van der Waals surface area contributed by atoms with Gasteiger partial charge in [0.1, 0.15) is 23.5 Å². The first-order valence-corrected chi connectivity index (χ1v) is 11.0. The third-order valence-corrected chi connectivity index (χ3v) is 5.05. The molecule has 158 valence electrons. The van der Waals surface area contributed by atoms with E-state index in [2.05, 4.69) is 30.0 Å². The number of nitrogen functional groups attached to an aromatic ring is 1. The number of aromatic nitrogens is 4. The molecule has 9 nitrogen and oxygen atoms in total. The highest BCUT2D eigenvalue weighted by Gasteiger charge is 2.13. The topological polar surface area (TPSA) is 136 Å². The number of benzene rings is 1. The Labute approximate surface area is 181 Å². The van der Waals surface area contributed by atoms with Crippen molar-refractivity contribution in [3.05, 3.63) is 59.8 Å². The summed E-state index contributed by atoms with van der Waals surface area (Å²) in [4.78, 5) is 17.1. The zero-order chi connectivity index (χ0) is 22.2. The van der Waals surface area contributed by atoms with Crippen LogP contribution in [0.4, 0.5) is 27.4 Å². The van der Waals surface area contributed by atoms with Crippen LogP contribution in [0.1, 0.15) is 0 Å². The fourth-order valence-electron chi connectivity index (χ4n) is 2.80. The Kier molecular flexibility index (Phi) is 5.29. The first kappa shape index (κ1) is 20.7. The maximum absolute atomic E-state index is 13.4. The highest BCUT2D eigenvalue weighted by Crippen LogP contribution is 2.29. The lowest BCUT2D eigenvalue weighted by atomic mass is 10.1. The van der Waals surface area contributed by atoms with Gasteiger partial charge in [0.25, 0.3) is 0 Å². The molecule has 0 spiro atoms. The van der Waals surface area contributed by atoms with Crippen molar-refractivity contribution >= 4 is 55.7 Å². The molecule has 0 radical (unpaired) electrons. The Morgan fingerprint density at radius 2 is 1.90 bits per heavy atom. The smallest absolute Gasteiger partial charge is 0.229 e. The molecule has 3 heterocycles. The van der Waals surface area contributed by atoms with Gasteiger partial charge in [-0.2, -0.15) is 0 Å². The van der Waals surface area contributed by atoms with Crippen LogP contribution in [0.5, 0.6) is 0 Å². The van der Waals surface area contributed by atoms with Crippen LogP contribution in [0.2, 0.25) is 5.02 Å². The van der Waals surface area contributed by atoms with Crippen molar-refractivity contribution in [1.82, 2.24) is 19.9 Å². The number of hydrogen-bond acceptors (Lipinski definition) is 8. The largest absolute Gasteiger partial charge is 0.382 e. The normalized spacial score (nSPS) is 11.5. The molecule has 31 heavy (non-hydrogen) atoms. The van der Waals surface area contributed by atoms with Crippen LogP contribution in [0, 0.1) is 5.82 Å². The van der Waals surface area contributed by atoms with E-state index in [0.717, 1.165) is 6.26 Å². The van der Waals surface area contributed by atoms with E-state index in [1.807, 2.05) is 0 Å². The molecule has 4 rings (SSSR count). The van der Waals surface area contributed by atoms with Gasteiger partial charge in [0.15, 0.2) is 5.82 Å². The SMILES string of the molecule is CS(=O)(=O)Nc1cc(-c2ccc3ncnc(Nc4ccc(F)c(Cl)c4)c3n2)cnc1N. The van der Waals surface area contributed by atoms with E-state index >= 15 is 0 Å². The summed E-state index contributed by atoms with van der Waals surface area (Å²) < 4.78 is 38.9. The predicted octanol–water partition coefficient (Wildman–Crippen LogP) is 3.58. The van der Waals surface area contributed by atoms with Crippen molar-refractivity contribution in [3.63, 3.8) is 0 Å². The number of nitrogens with two attached hydrogens (primary N) is 1. The van der Waals surface area contributed by atoms with Gasteiger partial charge in [-0.05, 0) is 36.4 Å².